The van der Waals surface area contributed by atoms with Crippen LogP contribution in [-0.4, -0.2) is 18.8 Å². The molecule has 1 rings (SSSR count). The van der Waals surface area contributed by atoms with Crippen LogP contribution in [0.4, 0.5) is 13.2 Å². The molecule has 0 amide bonds. The van der Waals surface area contributed by atoms with Crippen molar-refractivity contribution in [1.29, 1.82) is 5.26 Å². The molecule has 1 saturated carbocycles. The van der Waals surface area contributed by atoms with E-state index >= 15 is 0 Å². The van der Waals surface area contributed by atoms with Crippen molar-refractivity contribution in [2.45, 2.75) is 37.9 Å². The summed E-state index contributed by atoms with van der Waals surface area (Å²) in [5.41, 5.74) is 0. The van der Waals surface area contributed by atoms with Crippen molar-refractivity contribution >= 4 is 0 Å². The van der Waals surface area contributed by atoms with Gasteiger partial charge in [0.1, 0.15) is 0 Å². The van der Waals surface area contributed by atoms with Crippen LogP contribution < -0.4 is 5.32 Å². The van der Waals surface area contributed by atoms with Gasteiger partial charge in [0.25, 0.3) is 0 Å². The fourth-order valence-electron chi connectivity index (χ4n) is 1.65. The van der Waals surface area contributed by atoms with E-state index in [9.17, 15) is 13.2 Å². The summed E-state index contributed by atoms with van der Waals surface area (Å²) < 4.78 is 36.4. The van der Waals surface area contributed by atoms with E-state index in [1.807, 2.05) is 0 Å². The molecule has 1 atom stereocenters. The second kappa shape index (κ2) is 4.65. The Bertz CT molecular complexity index is 213. The Labute approximate surface area is 81.1 Å². The molecule has 80 valence electrons. The summed E-state index contributed by atoms with van der Waals surface area (Å²) >= 11 is 0. The summed E-state index contributed by atoms with van der Waals surface area (Å²) in [5.74, 6) is -1.87. The SMILES string of the molecule is N#CC(CNC1CCCC1)C(F)(F)F. The third-order valence-corrected chi connectivity index (χ3v) is 2.52. The average molecular weight is 206 g/mol. The zero-order valence-electron chi connectivity index (χ0n) is 7.77. The van der Waals surface area contributed by atoms with Crippen LogP contribution in [-0.2, 0) is 0 Å². The molecule has 1 unspecified atom stereocenters. The summed E-state index contributed by atoms with van der Waals surface area (Å²) in [4.78, 5) is 0. The molecule has 1 fully saturated rings. The zero-order valence-corrected chi connectivity index (χ0v) is 7.77. The number of nitriles is 1. The standard InChI is InChI=1S/C9H13F3N2/c10-9(11,12)7(5-13)6-14-8-3-1-2-4-8/h7-8,14H,1-4,6H2. The van der Waals surface area contributed by atoms with Gasteiger partial charge in [0.15, 0.2) is 5.92 Å². The first kappa shape index (κ1) is 11.3. The minimum absolute atomic E-state index is 0.174. The van der Waals surface area contributed by atoms with E-state index in [1.165, 1.54) is 6.07 Å². The molecule has 0 aliphatic heterocycles. The van der Waals surface area contributed by atoms with Gasteiger partial charge in [0, 0.05) is 12.6 Å². The van der Waals surface area contributed by atoms with Crippen molar-refractivity contribution in [1.82, 2.24) is 5.32 Å². The molecule has 0 bridgehead atoms. The van der Waals surface area contributed by atoms with E-state index in [-0.39, 0.29) is 12.6 Å². The Morgan fingerprint density at radius 1 is 1.36 bits per heavy atom. The zero-order chi connectivity index (χ0) is 10.6. The average Bonchev–Trinajstić information content (AvgIpc) is 2.55. The second-order valence-electron chi connectivity index (χ2n) is 3.61. The van der Waals surface area contributed by atoms with Crippen LogP contribution in [0.5, 0.6) is 0 Å². The highest BCUT2D eigenvalue weighted by molar-refractivity contribution is 4.91. The lowest BCUT2D eigenvalue weighted by molar-refractivity contribution is -0.157. The summed E-state index contributed by atoms with van der Waals surface area (Å²) in [6.45, 7) is -0.273. The molecule has 0 aromatic heterocycles. The van der Waals surface area contributed by atoms with E-state index in [0.717, 1.165) is 25.7 Å². The quantitative estimate of drug-likeness (QED) is 0.768. The number of hydrogen-bond acceptors (Lipinski definition) is 2. The summed E-state index contributed by atoms with van der Waals surface area (Å²) in [5, 5.41) is 11.1. The predicted molar refractivity (Wildman–Crippen MR) is 45.4 cm³/mol. The topological polar surface area (TPSA) is 35.8 Å². The van der Waals surface area contributed by atoms with Gasteiger partial charge in [0.05, 0.1) is 6.07 Å². The van der Waals surface area contributed by atoms with E-state index in [2.05, 4.69) is 5.32 Å². The molecule has 1 N–H and O–H groups in total. The Kier molecular flexibility index (Phi) is 3.76. The van der Waals surface area contributed by atoms with Crippen LogP contribution >= 0.6 is 0 Å². The van der Waals surface area contributed by atoms with Crippen molar-refractivity contribution in [2.24, 2.45) is 5.92 Å². The van der Waals surface area contributed by atoms with Crippen LogP contribution in [0, 0.1) is 17.2 Å². The summed E-state index contributed by atoms with van der Waals surface area (Å²) in [6, 6.07) is 1.45. The Morgan fingerprint density at radius 3 is 2.36 bits per heavy atom. The molecule has 5 heteroatoms. The van der Waals surface area contributed by atoms with Crippen molar-refractivity contribution in [3.63, 3.8) is 0 Å². The summed E-state index contributed by atoms with van der Waals surface area (Å²) in [6.07, 6.45) is -0.409. The first-order chi connectivity index (χ1) is 6.54. The molecule has 0 heterocycles. The van der Waals surface area contributed by atoms with Gasteiger partial charge in [-0.1, -0.05) is 12.8 Å². The van der Waals surface area contributed by atoms with E-state index in [0.29, 0.717) is 0 Å². The Balaban J connectivity index is 2.31. The van der Waals surface area contributed by atoms with Gasteiger partial charge in [-0.3, -0.25) is 0 Å². The van der Waals surface area contributed by atoms with Gasteiger partial charge < -0.3 is 5.32 Å². The number of rotatable bonds is 3. The fourth-order valence-corrected chi connectivity index (χ4v) is 1.65. The molecule has 0 aromatic carbocycles. The van der Waals surface area contributed by atoms with Crippen molar-refractivity contribution < 1.29 is 13.2 Å². The van der Waals surface area contributed by atoms with Crippen molar-refractivity contribution in [3.05, 3.63) is 0 Å². The normalized spacial score (nSPS) is 20.7. The van der Waals surface area contributed by atoms with Crippen molar-refractivity contribution in [2.75, 3.05) is 6.54 Å². The number of halogens is 3. The van der Waals surface area contributed by atoms with Crippen LogP contribution in [0.1, 0.15) is 25.7 Å². The number of alkyl halides is 3. The lowest BCUT2D eigenvalue weighted by Crippen LogP contribution is -2.36. The maximum absolute atomic E-state index is 12.1. The Morgan fingerprint density at radius 2 is 1.93 bits per heavy atom. The highest BCUT2D eigenvalue weighted by atomic mass is 19.4. The predicted octanol–water partition coefficient (Wildman–Crippen LogP) is 2.22. The molecular weight excluding hydrogens is 193 g/mol. The maximum atomic E-state index is 12.1. The van der Waals surface area contributed by atoms with E-state index in [4.69, 9.17) is 5.26 Å². The molecule has 1 aliphatic rings. The van der Waals surface area contributed by atoms with Gasteiger partial charge >= 0.3 is 6.18 Å². The third-order valence-electron chi connectivity index (χ3n) is 2.52. The second-order valence-corrected chi connectivity index (χ2v) is 3.61. The highest BCUT2D eigenvalue weighted by Crippen LogP contribution is 2.26. The van der Waals surface area contributed by atoms with Crippen LogP contribution in [0.25, 0.3) is 0 Å². The number of nitrogens with zero attached hydrogens (tertiary/aromatic N) is 1. The lowest BCUT2D eigenvalue weighted by atomic mass is 10.1. The van der Waals surface area contributed by atoms with Crippen molar-refractivity contribution in [3.8, 4) is 6.07 Å². The molecule has 0 aromatic rings. The van der Waals surface area contributed by atoms with Crippen LogP contribution in [0.3, 0.4) is 0 Å². The molecule has 0 radical (unpaired) electrons. The minimum atomic E-state index is -4.40. The van der Waals surface area contributed by atoms with E-state index < -0.39 is 12.1 Å². The monoisotopic (exact) mass is 206 g/mol. The van der Waals surface area contributed by atoms with Crippen LogP contribution in [0.2, 0.25) is 0 Å². The molecular formula is C9H13F3N2. The molecule has 14 heavy (non-hydrogen) atoms. The summed E-state index contributed by atoms with van der Waals surface area (Å²) in [7, 11) is 0. The van der Waals surface area contributed by atoms with Gasteiger partial charge in [0.2, 0.25) is 0 Å². The number of nitrogens with one attached hydrogen (secondary N) is 1. The van der Waals surface area contributed by atoms with Gasteiger partial charge in [-0.25, -0.2) is 0 Å². The largest absolute Gasteiger partial charge is 0.405 e. The first-order valence-corrected chi connectivity index (χ1v) is 4.73. The molecule has 0 spiro atoms. The first-order valence-electron chi connectivity index (χ1n) is 4.73. The highest BCUT2D eigenvalue weighted by Gasteiger charge is 2.39. The third kappa shape index (κ3) is 3.18. The molecule has 2 nitrogen and oxygen atoms in total. The van der Waals surface area contributed by atoms with Gasteiger partial charge in [-0.2, -0.15) is 18.4 Å². The minimum Gasteiger partial charge on any atom is -0.312 e. The van der Waals surface area contributed by atoms with Gasteiger partial charge in [-0.15, -0.1) is 0 Å². The smallest absolute Gasteiger partial charge is 0.312 e. The molecule has 1 aliphatic carbocycles. The number of hydrogen-bond donors (Lipinski definition) is 1. The lowest BCUT2D eigenvalue weighted by Gasteiger charge is -2.17. The van der Waals surface area contributed by atoms with E-state index in [1.54, 1.807) is 0 Å². The van der Waals surface area contributed by atoms with Crippen LogP contribution in [0.15, 0.2) is 0 Å². The fraction of sp³-hybridized carbons (Fsp3) is 0.889. The van der Waals surface area contributed by atoms with Gasteiger partial charge in [-0.05, 0) is 12.8 Å². The molecule has 0 saturated heterocycles. The Hall–Kier alpha value is -0.760. The maximum Gasteiger partial charge on any atom is 0.405 e.